The van der Waals surface area contributed by atoms with E-state index in [9.17, 15) is 9.90 Å². The van der Waals surface area contributed by atoms with Gasteiger partial charge in [0.05, 0.1) is 18.2 Å². The van der Waals surface area contributed by atoms with Gasteiger partial charge in [-0.05, 0) is 38.8 Å². The largest absolute Gasteiger partial charge is 0.465 e. The van der Waals surface area contributed by atoms with Crippen LogP contribution in [-0.2, 0) is 11.2 Å². The second-order valence-corrected chi connectivity index (χ2v) is 5.79. The maximum atomic E-state index is 10.9. The van der Waals surface area contributed by atoms with Crippen molar-refractivity contribution in [2.24, 2.45) is 0 Å². The van der Waals surface area contributed by atoms with Gasteiger partial charge in [-0.25, -0.2) is 4.79 Å². The molecule has 130 valence electrons. The van der Waals surface area contributed by atoms with Gasteiger partial charge in [-0.2, -0.15) is 0 Å². The molecule has 0 radical (unpaired) electrons. The summed E-state index contributed by atoms with van der Waals surface area (Å²) in [6.07, 6.45) is -0.407. The van der Waals surface area contributed by atoms with Gasteiger partial charge < -0.3 is 25.6 Å². The average molecular weight is 324 g/mol. The van der Waals surface area contributed by atoms with Crippen molar-refractivity contribution in [2.75, 3.05) is 19.7 Å². The Morgan fingerprint density at radius 1 is 1.26 bits per heavy atom. The Hall–Kier alpha value is -1.63. The van der Waals surface area contributed by atoms with Gasteiger partial charge >= 0.3 is 6.09 Å². The molecule has 1 aromatic rings. The molecule has 1 aromatic carbocycles. The quantitative estimate of drug-likeness (QED) is 0.465. The minimum Gasteiger partial charge on any atom is -0.465 e. The fraction of sp³-hybridized carbons (Fsp3) is 0.588. The number of aliphatic hydroxyl groups is 1. The van der Waals surface area contributed by atoms with E-state index >= 15 is 0 Å². The number of aliphatic hydroxyl groups excluding tert-OH is 1. The molecule has 0 aromatic heterocycles. The first kappa shape index (κ1) is 19.4. The van der Waals surface area contributed by atoms with Crippen LogP contribution in [0.3, 0.4) is 0 Å². The van der Waals surface area contributed by atoms with Crippen molar-refractivity contribution in [3.63, 3.8) is 0 Å². The summed E-state index contributed by atoms with van der Waals surface area (Å²) in [6, 6.07) is 8.98. The first-order valence-electron chi connectivity index (χ1n) is 8.02. The molecule has 0 aliphatic carbocycles. The minimum absolute atomic E-state index is 0.218. The molecule has 0 bridgehead atoms. The average Bonchev–Trinajstić information content (AvgIpc) is 2.50. The molecule has 23 heavy (non-hydrogen) atoms. The third-order valence-corrected chi connectivity index (χ3v) is 3.37. The first-order chi connectivity index (χ1) is 11.0. The van der Waals surface area contributed by atoms with Crippen molar-refractivity contribution in [1.29, 1.82) is 0 Å². The molecule has 0 aliphatic heterocycles. The van der Waals surface area contributed by atoms with Crippen LogP contribution in [0.2, 0.25) is 0 Å². The molecular weight excluding hydrogens is 296 g/mol. The summed E-state index contributed by atoms with van der Waals surface area (Å²) in [5, 5.41) is 24.7. The van der Waals surface area contributed by atoms with E-state index in [1.165, 1.54) is 0 Å². The number of benzene rings is 1. The van der Waals surface area contributed by atoms with E-state index in [0.29, 0.717) is 19.6 Å². The third kappa shape index (κ3) is 9.18. The van der Waals surface area contributed by atoms with Crippen LogP contribution in [0.15, 0.2) is 30.3 Å². The van der Waals surface area contributed by atoms with Crippen LogP contribution in [-0.4, -0.2) is 54.3 Å². The number of ether oxygens (including phenoxy) is 1. The van der Waals surface area contributed by atoms with Crippen LogP contribution in [0.1, 0.15) is 25.8 Å². The van der Waals surface area contributed by atoms with E-state index in [0.717, 1.165) is 18.5 Å². The number of hydrogen-bond acceptors (Lipinski definition) is 4. The third-order valence-electron chi connectivity index (χ3n) is 3.37. The predicted octanol–water partition coefficient (Wildman–Crippen LogP) is 1.63. The van der Waals surface area contributed by atoms with Crippen LogP contribution in [0.5, 0.6) is 0 Å². The first-order valence-corrected chi connectivity index (χ1v) is 8.02. The fourth-order valence-corrected chi connectivity index (χ4v) is 2.22. The van der Waals surface area contributed by atoms with Crippen molar-refractivity contribution in [3.05, 3.63) is 35.9 Å². The maximum absolute atomic E-state index is 10.9. The molecule has 0 aliphatic rings. The standard InChI is InChI=1S/C17H28N2O4/c1-13(2)23-10-6-9-18-12-16(20)15(19-17(21)22)11-14-7-4-3-5-8-14/h3-5,7-8,13,15-16,18-20H,6,9-12H2,1-2H3,(H,21,22)/t15-,16-/m0/s1. The SMILES string of the molecule is CC(C)OCCCNC[C@H](O)[C@H](Cc1ccccc1)NC(=O)O. The highest BCUT2D eigenvalue weighted by molar-refractivity contribution is 5.65. The number of carboxylic acid groups (broad SMARTS) is 1. The number of amides is 1. The lowest BCUT2D eigenvalue weighted by Gasteiger charge is -2.23. The molecular formula is C17H28N2O4. The summed E-state index contributed by atoms with van der Waals surface area (Å²) in [5.41, 5.74) is 0.982. The Kier molecular flexibility index (Phi) is 9.28. The van der Waals surface area contributed by atoms with Gasteiger partial charge in [-0.3, -0.25) is 0 Å². The second kappa shape index (κ2) is 11.0. The molecule has 0 heterocycles. The summed E-state index contributed by atoms with van der Waals surface area (Å²) in [4.78, 5) is 10.9. The predicted molar refractivity (Wildman–Crippen MR) is 89.7 cm³/mol. The van der Waals surface area contributed by atoms with Gasteiger partial charge in [0.1, 0.15) is 0 Å². The number of carbonyl (C=O) groups is 1. The van der Waals surface area contributed by atoms with E-state index in [2.05, 4.69) is 10.6 Å². The van der Waals surface area contributed by atoms with Crippen molar-refractivity contribution in [2.45, 2.75) is 44.9 Å². The van der Waals surface area contributed by atoms with E-state index in [1.807, 2.05) is 44.2 Å². The summed E-state index contributed by atoms with van der Waals surface area (Å²) >= 11 is 0. The molecule has 0 saturated heterocycles. The van der Waals surface area contributed by atoms with Crippen LogP contribution >= 0.6 is 0 Å². The molecule has 6 heteroatoms. The van der Waals surface area contributed by atoms with Gasteiger partial charge in [-0.15, -0.1) is 0 Å². The lowest BCUT2D eigenvalue weighted by molar-refractivity contribution is 0.0755. The lowest BCUT2D eigenvalue weighted by Crippen LogP contribution is -2.48. The smallest absolute Gasteiger partial charge is 0.404 e. The van der Waals surface area contributed by atoms with E-state index in [4.69, 9.17) is 9.84 Å². The molecule has 4 N–H and O–H groups in total. The van der Waals surface area contributed by atoms with Crippen molar-refractivity contribution in [1.82, 2.24) is 10.6 Å². The Morgan fingerprint density at radius 3 is 2.57 bits per heavy atom. The van der Waals surface area contributed by atoms with Crippen LogP contribution in [0.25, 0.3) is 0 Å². The van der Waals surface area contributed by atoms with Gasteiger partial charge in [0, 0.05) is 13.2 Å². The molecule has 1 rings (SSSR count). The van der Waals surface area contributed by atoms with E-state index in [1.54, 1.807) is 0 Å². The summed E-state index contributed by atoms with van der Waals surface area (Å²) in [6.45, 7) is 5.70. The van der Waals surface area contributed by atoms with E-state index in [-0.39, 0.29) is 6.10 Å². The van der Waals surface area contributed by atoms with Gasteiger partial charge in [-0.1, -0.05) is 30.3 Å². The fourth-order valence-electron chi connectivity index (χ4n) is 2.22. The van der Waals surface area contributed by atoms with Gasteiger partial charge in [0.15, 0.2) is 0 Å². The Labute approximate surface area is 137 Å². The Bertz CT molecular complexity index is 439. The molecule has 0 saturated carbocycles. The number of rotatable bonds is 11. The topological polar surface area (TPSA) is 90.8 Å². The Balaban J connectivity index is 2.37. The molecule has 0 unspecified atom stereocenters. The highest BCUT2D eigenvalue weighted by atomic mass is 16.5. The zero-order chi connectivity index (χ0) is 17.1. The summed E-state index contributed by atoms with van der Waals surface area (Å²) in [7, 11) is 0. The number of hydrogen-bond donors (Lipinski definition) is 4. The van der Waals surface area contributed by atoms with Gasteiger partial charge in [0.25, 0.3) is 0 Å². The normalized spacial score (nSPS) is 13.7. The second-order valence-electron chi connectivity index (χ2n) is 5.79. The van der Waals surface area contributed by atoms with Crippen molar-refractivity contribution >= 4 is 6.09 Å². The zero-order valence-electron chi connectivity index (χ0n) is 13.9. The van der Waals surface area contributed by atoms with Crippen LogP contribution in [0.4, 0.5) is 4.79 Å². The van der Waals surface area contributed by atoms with Crippen LogP contribution in [0, 0.1) is 0 Å². The summed E-state index contributed by atoms with van der Waals surface area (Å²) < 4.78 is 5.44. The van der Waals surface area contributed by atoms with Crippen molar-refractivity contribution < 1.29 is 19.7 Å². The highest BCUT2D eigenvalue weighted by Crippen LogP contribution is 2.06. The Morgan fingerprint density at radius 2 is 1.96 bits per heavy atom. The monoisotopic (exact) mass is 324 g/mol. The molecule has 6 nitrogen and oxygen atoms in total. The lowest BCUT2D eigenvalue weighted by atomic mass is 10.0. The van der Waals surface area contributed by atoms with Crippen molar-refractivity contribution in [3.8, 4) is 0 Å². The number of nitrogens with one attached hydrogen (secondary N) is 2. The minimum atomic E-state index is -1.13. The summed E-state index contributed by atoms with van der Waals surface area (Å²) in [5.74, 6) is 0. The molecule has 1 amide bonds. The zero-order valence-corrected chi connectivity index (χ0v) is 13.9. The maximum Gasteiger partial charge on any atom is 0.404 e. The molecule has 0 spiro atoms. The van der Waals surface area contributed by atoms with E-state index < -0.39 is 18.2 Å². The highest BCUT2D eigenvalue weighted by Gasteiger charge is 2.21. The van der Waals surface area contributed by atoms with Crippen LogP contribution < -0.4 is 10.6 Å². The molecule has 0 fully saturated rings. The molecule has 2 atom stereocenters. The van der Waals surface area contributed by atoms with Gasteiger partial charge in [0.2, 0.25) is 0 Å².